The number of nitrogens with one attached hydrogen (secondary N) is 1. The molecule has 2 rings (SSSR count). The second-order valence-electron chi connectivity index (χ2n) is 2.94. The van der Waals surface area contributed by atoms with E-state index in [4.69, 9.17) is 0 Å². The lowest BCUT2D eigenvalue weighted by atomic mass is 10.1. The first-order valence-electron chi connectivity index (χ1n) is 4.07. The fourth-order valence-electron chi connectivity index (χ4n) is 1.29. The molecule has 1 aromatic rings. The van der Waals surface area contributed by atoms with E-state index in [2.05, 4.69) is 8.91 Å². The van der Waals surface area contributed by atoms with Crippen LogP contribution in [0.15, 0.2) is 36.1 Å². The molecular weight excluding hydrogens is 202 g/mol. The average Bonchev–Trinajstić information content (AvgIpc) is 2.41. The van der Waals surface area contributed by atoms with Gasteiger partial charge >= 0.3 is 10.3 Å². The molecule has 0 spiro atoms. The van der Waals surface area contributed by atoms with Crippen LogP contribution < -0.4 is 4.72 Å². The van der Waals surface area contributed by atoms with Gasteiger partial charge in [0.15, 0.2) is 0 Å². The Morgan fingerprint density at radius 2 is 1.86 bits per heavy atom. The number of hydrogen-bond acceptors (Lipinski definition) is 3. The summed E-state index contributed by atoms with van der Waals surface area (Å²) in [7, 11) is -3.62. The molecule has 74 valence electrons. The lowest BCUT2D eigenvalue weighted by molar-refractivity contribution is 0.421. The zero-order valence-corrected chi connectivity index (χ0v) is 8.34. The smallest absolute Gasteiger partial charge is 0.369 e. The van der Waals surface area contributed by atoms with Gasteiger partial charge in [-0.25, -0.2) is 4.72 Å². The molecule has 0 amide bonds. The Kier molecular flexibility index (Phi) is 1.96. The van der Waals surface area contributed by atoms with Gasteiger partial charge in [-0.05, 0) is 6.92 Å². The van der Waals surface area contributed by atoms with Crippen LogP contribution in [0.4, 0.5) is 0 Å². The minimum Gasteiger partial charge on any atom is -0.369 e. The van der Waals surface area contributed by atoms with Crippen molar-refractivity contribution in [2.75, 3.05) is 0 Å². The van der Waals surface area contributed by atoms with Crippen LogP contribution in [0.25, 0.3) is 5.70 Å². The van der Waals surface area contributed by atoms with E-state index in [1.165, 1.54) is 0 Å². The third-order valence-corrected chi connectivity index (χ3v) is 2.80. The van der Waals surface area contributed by atoms with Gasteiger partial charge in [0.2, 0.25) is 0 Å². The summed E-state index contributed by atoms with van der Waals surface area (Å²) in [5.74, 6) is 0.371. The van der Waals surface area contributed by atoms with E-state index >= 15 is 0 Å². The molecule has 1 aliphatic heterocycles. The van der Waals surface area contributed by atoms with Crippen LogP contribution in [0.1, 0.15) is 12.5 Å². The number of rotatable bonds is 1. The van der Waals surface area contributed by atoms with Gasteiger partial charge in [-0.2, -0.15) is 8.42 Å². The SMILES string of the molecule is CC1=C(c2ccccc2)NS(=O)(=O)O1. The topological polar surface area (TPSA) is 55.4 Å². The third kappa shape index (κ3) is 1.58. The van der Waals surface area contributed by atoms with Crippen LogP contribution in [-0.4, -0.2) is 8.42 Å². The van der Waals surface area contributed by atoms with Crippen molar-refractivity contribution in [3.8, 4) is 0 Å². The van der Waals surface area contributed by atoms with E-state index in [1.807, 2.05) is 30.3 Å². The van der Waals surface area contributed by atoms with Gasteiger partial charge in [-0.3, -0.25) is 0 Å². The molecule has 0 radical (unpaired) electrons. The van der Waals surface area contributed by atoms with Gasteiger partial charge in [-0.1, -0.05) is 30.3 Å². The van der Waals surface area contributed by atoms with Gasteiger partial charge in [0.1, 0.15) is 5.76 Å². The lowest BCUT2D eigenvalue weighted by Gasteiger charge is -1.99. The Morgan fingerprint density at radius 3 is 2.36 bits per heavy atom. The van der Waals surface area contributed by atoms with Crippen LogP contribution in [0, 0.1) is 0 Å². The van der Waals surface area contributed by atoms with E-state index in [0.29, 0.717) is 11.5 Å². The molecule has 0 bridgehead atoms. The van der Waals surface area contributed by atoms with Crippen LogP contribution in [0.2, 0.25) is 0 Å². The molecule has 1 aliphatic rings. The summed E-state index contributed by atoms with van der Waals surface area (Å²) in [6.07, 6.45) is 0. The standard InChI is InChI=1S/C9H9NO3S/c1-7-9(10-14(11,12)13-7)8-5-3-2-4-6-8/h2-6,10H,1H3. The summed E-state index contributed by atoms with van der Waals surface area (Å²) in [5.41, 5.74) is 1.30. The Hall–Kier alpha value is -1.49. The fourth-order valence-corrected chi connectivity index (χ4v) is 2.26. The summed E-state index contributed by atoms with van der Waals surface area (Å²) < 4.78 is 29.1. The summed E-state index contributed by atoms with van der Waals surface area (Å²) >= 11 is 0. The van der Waals surface area contributed by atoms with E-state index in [9.17, 15) is 8.42 Å². The summed E-state index contributed by atoms with van der Waals surface area (Å²) in [4.78, 5) is 0. The van der Waals surface area contributed by atoms with Gasteiger partial charge in [0, 0.05) is 5.56 Å². The highest BCUT2D eigenvalue weighted by atomic mass is 32.2. The molecule has 1 aromatic carbocycles. The Labute approximate surface area is 82.5 Å². The first-order valence-corrected chi connectivity index (χ1v) is 5.48. The molecule has 1 heterocycles. The van der Waals surface area contributed by atoms with Crippen LogP contribution >= 0.6 is 0 Å². The van der Waals surface area contributed by atoms with Crippen LogP contribution in [-0.2, 0) is 14.5 Å². The van der Waals surface area contributed by atoms with Crippen molar-refractivity contribution in [2.45, 2.75) is 6.92 Å². The van der Waals surface area contributed by atoms with Gasteiger partial charge < -0.3 is 4.18 Å². The first-order chi connectivity index (χ1) is 6.58. The van der Waals surface area contributed by atoms with Crippen molar-refractivity contribution in [2.24, 2.45) is 0 Å². The largest absolute Gasteiger partial charge is 0.407 e. The van der Waals surface area contributed by atoms with Crippen LogP contribution in [0.3, 0.4) is 0 Å². The molecule has 0 unspecified atom stereocenters. The zero-order valence-electron chi connectivity index (χ0n) is 7.52. The molecule has 0 aromatic heterocycles. The Morgan fingerprint density at radius 1 is 1.21 bits per heavy atom. The molecule has 0 saturated carbocycles. The molecular formula is C9H9NO3S. The molecule has 5 heteroatoms. The highest BCUT2D eigenvalue weighted by Crippen LogP contribution is 2.24. The van der Waals surface area contributed by atoms with Crippen molar-refractivity contribution < 1.29 is 12.6 Å². The van der Waals surface area contributed by atoms with Crippen molar-refractivity contribution in [1.29, 1.82) is 0 Å². The second-order valence-corrected chi connectivity index (χ2v) is 4.22. The maximum absolute atomic E-state index is 11.0. The van der Waals surface area contributed by atoms with E-state index in [-0.39, 0.29) is 0 Å². The predicted octanol–water partition coefficient (Wildman–Crippen LogP) is 1.24. The number of allylic oxidation sites excluding steroid dienone is 1. The average molecular weight is 211 g/mol. The minimum absolute atomic E-state index is 0.371. The van der Waals surface area contributed by atoms with Gasteiger partial charge in [-0.15, -0.1) is 0 Å². The molecule has 14 heavy (non-hydrogen) atoms. The van der Waals surface area contributed by atoms with Gasteiger partial charge in [0.05, 0.1) is 5.70 Å². The molecule has 0 saturated heterocycles. The predicted molar refractivity (Wildman–Crippen MR) is 52.2 cm³/mol. The molecule has 4 nitrogen and oxygen atoms in total. The lowest BCUT2D eigenvalue weighted by Crippen LogP contribution is -2.15. The van der Waals surface area contributed by atoms with E-state index in [1.54, 1.807) is 6.92 Å². The summed E-state index contributed by atoms with van der Waals surface area (Å²) in [6.45, 7) is 1.61. The normalized spacial score (nSPS) is 18.9. The number of benzene rings is 1. The molecule has 0 atom stereocenters. The highest BCUT2D eigenvalue weighted by Gasteiger charge is 2.25. The summed E-state index contributed by atoms with van der Waals surface area (Å²) in [6, 6.07) is 9.17. The quantitative estimate of drug-likeness (QED) is 0.760. The fraction of sp³-hybridized carbons (Fsp3) is 0.111. The monoisotopic (exact) mass is 211 g/mol. The molecule has 0 aliphatic carbocycles. The Balaban J connectivity index is 2.43. The minimum atomic E-state index is -3.62. The maximum atomic E-state index is 11.0. The molecule has 1 N–H and O–H groups in total. The summed E-state index contributed by atoms with van der Waals surface area (Å²) in [5, 5.41) is 0. The van der Waals surface area contributed by atoms with Crippen LogP contribution in [0.5, 0.6) is 0 Å². The first kappa shape index (κ1) is 9.08. The molecule has 0 fully saturated rings. The van der Waals surface area contributed by atoms with E-state index < -0.39 is 10.3 Å². The van der Waals surface area contributed by atoms with Crippen molar-refractivity contribution in [1.82, 2.24) is 4.72 Å². The highest BCUT2D eigenvalue weighted by molar-refractivity contribution is 7.85. The van der Waals surface area contributed by atoms with Crippen molar-refractivity contribution >= 4 is 16.0 Å². The second kappa shape index (κ2) is 3.02. The maximum Gasteiger partial charge on any atom is 0.407 e. The van der Waals surface area contributed by atoms with E-state index in [0.717, 1.165) is 5.56 Å². The zero-order chi connectivity index (χ0) is 10.2. The number of hydrogen-bond donors (Lipinski definition) is 1. The van der Waals surface area contributed by atoms with Crippen molar-refractivity contribution in [3.63, 3.8) is 0 Å². The third-order valence-electron chi connectivity index (χ3n) is 1.88. The Bertz CT molecular complexity index is 476. The van der Waals surface area contributed by atoms with Gasteiger partial charge in [0.25, 0.3) is 0 Å². The van der Waals surface area contributed by atoms with Crippen molar-refractivity contribution in [3.05, 3.63) is 41.7 Å².